The Morgan fingerprint density at radius 3 is 2.50 bits per heavy atom. The van der Waals surface area contributed by atoms with Crippen LogP contribution in [0.5, 0.6) is 0 Å². The molecule has 0 bridgehead atoms. The third kappa shape index (κ3) is 4.70. The van der Waals surface area contributed by atoms with E-state index >= 15 is 0 Å². The molecule has 22 heavy (non-hydrogen) atoms. The monoisotopic (exact) mass is 360 g/mol. The van der Waals surface area contributed by atoms with Crippen LogP contribution in [0.15, 0.2) is 0 Å². The largest absolute Gasteiger partial charge is 0.471 e. The quantitative estimate of drug-likeness (QED) is 0.561. The zero-order chi connectivity index (χ0) is 17.1. The second-order valence-electron chi connectivity index (χ2n) is 4.96. The zero-order valence-electron chi connectivity index (χ0n) is 11.9. The van der Waals surface area contributed by atoms with Crippen molar-refractivity contribution in [3.05, 3.63) is 0 Å². The number of alkyl halides is 3. The molecule has 0 aromatic heterocycles. The van der Waals surface area contributed by atoms with Gasteiger partial charge in [0.1, 0.15) is 12.1 Å². The minimum Gasteiger partial charge on any atom is -0.467 e. The maximum atomic E-state index is 12.3. The second-order valence-corrected chi connectivity index (χ2v) is 7.95. The minimum absolute atomic E-state index is 0.0599. The highest BCUT2D eigenvalue weighted by atomic mass is 33.1. The average Bonchev–Trinajstić information content (AvgIpc) is 2.39. The molecule has 1 heterocycles. The number of ether oxygens (including phenoxy) is 1. The molecule has 1 aliphatic rings. The summed E-state index contributed by atoms with van der Waals surface area (Å²) in [5, 5.41) is 3.96. The Hall–Kier alpha value is -1.10. The molecule has 0 aliphatic carbocycles. The van der Waals surface area contributed by atoms with Crippen molar-refractivity contribution < 1.29 is 32.3 Å². The summed E-state index contributed by atoms with van der Waals surface area (Å²) in [6, 6.07) is -2.44. The molecule has 6 nitrogen and oxygen atoms in total. The molecule has 0 spiro atoms. The van der Waals surface area contributed by atoms with E-state index in [0.29, 0.717) is 0 Å². The van der Waals surface area contributed by atoms with Gasteiger partial charge in [-0.3, -0.25) is 9.59 Å². The lowest BCUT2D eigenvalue weighted by Crippen LogP contribution is -2.60. The van der Waals surface area contributed by atoms with Gasteiger partial charge >= 0.3 is 18.1 Å². The van der Waals surface area contributed by atoms with Crippen LogP contribution in [0.2, 0.25) is 0 Å². The fourth-order valence-electron chi connectivity index (χ4n) is 1.60. The van der Waals surface area contributed by atoms with E-state index in [1.807, 2.05) is 0 Å². The van der Waals surface area contributed by atoms with Gasteiger partial charge in [-0.25, -0.2) is 4.79 Å². The van der Waals surface area contributed by atoms with Crippen LogP contribution in [0.3, 0.4) is 0 Å². The van der Waals surface area contributed by atoms with Crippen LogP contribution in [0.1, 0.15) is 13.8 Å². The van der Waals surface area contributed by atoms with Crippen LogP contribution < -0.4 is 10.6 Å². The lowest BCUT2D eigenvalue weighted by atomic mass is 10.0. The number of rotatable bonds is 2. The van der Waals surface area contributed by atoms with Gasteiger partial charge in [-0.15, -0.1) is 0 Å². The fourth-order valence-corrected chi connectivity index (χ4v) is 4.41. The van der Waals surface area contributed by atoms with E-state index < -0.39 is 40.8 Å². The Morgan fingerprint density at radius 2 is 2.00 bits per heavy atom. The van der Waals surface area contributed by atoms with Crippen LogP contribution in [0, 0.1) is 0 Å². The number of nitrogens with one attached hydrogen (secondary N) is 2. The summed E-state index contributed by atoms with van der Waals surface area (Å²) in [5.41, 5.74) is 0. The molecule has 0 aromatic carbocycles. The number of hydrogen-bond donors (Lipinski definition) is 2. The van der Waals surface area contributed by atoms with E-state index in [2.05, 4.69) is 10.1 Å². The van der Waals surface area contributed by atoms with Crippen molar-refractivity contribution in [2.45, 2.75) is 36.9 Å². The molecule has 0 aromatic rings. The van der Waals surface area contributed by atoms with Crippen molar-refractivity contribution in [1.29, 1.82) is 0 Å². The first-order valence-electron chi connectivity index (χ1n) is 6.05. The third-order valence-electron chi connectivity index (χ3n) is 2.81. The van der Waals surface area contributed by atoms with Gasteiger partial charge in [0.15, 0.2) is 0 Å². The van der Waals surface area contributed by atoms with Crippen LogP contribution in [0.25, 0.3) is 0 Å². The summed E-state index contributed by atoms with van der Waals surface area (Å²) >= 11 is 0. The summed E-state index contributed by atoms with van der Waals surface area (Å²) in [7, 11) is 3.46. The maximum Gasteiger partial charge on any atom is 0.471 e. The van der Waals surface area contributed by atoms with Crippen LogP contribution in [0.4, 0.5) is 13.2 Å². The van der Waals surface area contributed by atoms with Crippen LogP contribution >= 0.6 is 21.6 Å². The Balaban J connectivity index is 2.89. The molecule has 1 fully saturated rings. The van der Waals surface area contributed by atoms with Crippen LogP contribution in [-0.2, 0) is 19.1 Å². The van der Waals surface area contributed by atoms with E-state index in [1.54, 1.807) is 19.2 Å². The molecular formula is C11H15F3N2O4S2. The number of carbonyl (C=O) groups excluding carboxylic acids is 3. The Labute approximate surface area is 132 Å². The molecule has 0 saturated carbocycles. The minimum atomic E-state index is -5.08. The standard InChI is InChI=1S/C11H15F3N2O4S2/c1-10(2)6(8(18)20-3)16-7(17)5(4-21-22-10)15-9(19)11(12,13)14/h5-6H,4H2,1-3H3,(H,15,19)(H,16,17)/t5-,6-/m0/s1. The molecule has 126 valence electrons. The molecule has 11 heteroatoms. The molecule has 2 amide bonds. The average molecular weight is 360 g/mol. The summed E-state index contributed by atoms with van der Waals surface area (Å²) < 4.78 is 40.7. The smallest absolute Gasteiger partial charge is 0.467 e. The van der Waals surface area contributed by atoms with Crippen molar-refractivity contribution in [1.82, 2.24) is 10.6 Å². The van der Waals surface area contributed by atoms with Crippen molar-refractivity contribution in [3.8, 4) is 0 Å². The zero-order valence-corrected chi connectivity index (χ0v) is 13.6. The fraction of sp³-hybridized carbons (Fsp3) is 0.727. The molecule has 0 radical (unpaired) electrons. The highest BCUT2D eigenvalue weighted by Gasteiger charge is 2.44. The number of methoxy groups -OCH3 is 1. The number of halogens is 3. The normalized spacial score (nSPS) is 25.5. The van der Waals surface area contributed by atoms with Crippen LogP contribution in [-0.4, -0.2) is 53.7 Å². The van der Waals surface area contributed by atoms with Gasteiger partial charge in [0.05, 0.1) is 11.9 Å². The summed E-state index contributed by atoms with van der Waals surface area (Å²) in [6.07, 6.45) is -5.08. The van der Waals surface area contributed by atoms with Gasteiger partial charge in [-0.05, 0) is 13.8 Å². The first-order chi connectivity index (χ1) is 9.99. The van der Waals surface area contributed by atoms with E-state index in [0.717, 1.165) is 17.9 Å². The molecule has 1 saturated heterocycles. The third-order valence-corrected chi connectivity index (χ3v) is 6.11. The Bertz CT molecular complexity index is 471. The van der Waals surface area contributed by atoms with Crippen molar-refractivity contribution in [2.75, 3.05) is 12.9 Å². The first-order valence-corrected chi connectivity index (χ1v) is 8.37. The topological polar surface area (TPSA) is 84.5 Å². The predicted octanol–water partition coefficient (Wildman–Crippen LogP) is 0.865. The van der Waals surface area contributed by atoms with Gasteiger partial charge in [-0.2, -0.15) is 13.2 Å². The van der Waals surface area contributed by atoms with E-state index in [9.17, 15) is 27.6 Å². The Morgan fingerprint density at radius 1 is 1.41 bits per heavy atom. The van der Waals surface area contributed by atoms with Gasteiger partial charge < -0.3 is 15.4 Å². The molecule has 2 N–H and O–H groups in total. The van der Waals surface area contributed by atoms with Crippen molar-refractivity contribution >= 4 is 39.4 Å². The number of hydrogen-bond acceptors (Lipinski definition) is 6. The lowest BCUT2D eigenvalue weighted by Gasteiger charge is -2.35. The number of amides is 2. The molecule has 0 unspecified atom stereocenters. The summed E-state index contributed by atoms with van der Waals surface area (Å²) in [4.78, 5) is 34.7. The van der Waals surface area contributed by atoms with Gasteiger partial charge in [0.2, 0.25) is 5.91 Å². The maximum absolute atomic E-state index is 12.3. The summed E-state index contributed by atoms with van der Waals surface area (Å²) in [5.74, 6) is -3.84. The number of carbonyl (C=O) groups is 3. The van der Waals surface area contributed by atoms with Crippen molar-refractivity contribution in [2.24, 2.45) is 0 Å². The second kappa shape index (κ2) is 6.99. The molecule has 2 atom stereocenters. The number of esters is 1. The molecule has 1 aliphatic heterocycles. The first kappa shape index (κ1) is 18.9. The highest BCUT2D eigenvalue weighted by Crippen LogP contribution is 2.40. The van der Waals surface area contributed by atoms with Gasteiger partial charge in [-0.1, -0.05) is 21.6 Å². The van der Waals surface area contributed by atoms with E-state index in [1.165, 1.54) is 10.8 Å². The SMILES string of the molecule is COC(=O)[C@@H]1NC(=O)[C@@H](NC(=O)C(F)(F)F)CSSC1(C)C. The molecule has 1 rings (SSSR count). The van der Waals surface area contributed by atoms with Gasteiger partial charge in [0, 0.05) is 5.75 Å². The van der Waals surface area contributed by atoms with E-state index in [4.69, 9.17) is 0 Å². The lowest BCUT2D eigenvalue weighted by molar-refractivity contribution is -0.174. The Kier molecular flexibility index (Phi) is 6.02. The van der Waals surface area contributed by atoms with E-state index in [-0.39, 0.29) is 5.75 Å². The predicted molar refractivity (Wildman–Crippen MR) is 76.1 cm³/mol. The van der Waals surface area contributed by atoms with Gasteiger partial charge in [0.25, 0.3) is 0 Å². The highest BCUT2D eigenvalue weighted by molar-refractivity contribution is 8.77. The molecular weight excluding hydrogens is 345 g/mol. The summed E-state index contributed by atoms with van der Waals surface area (Å²) in [6.45, 7) is 3.39. The van der Waals surface area contributed by atoms with Crippen molar-refractivity contribution in [3.63, 3.8) is 0 Å².